The number of amides is 1. The molecule has 0 spiro atoms. The first-order valence-corrected chi connectivity index (χ1v) is 7.81. The molecular formula is C16H25NO4. The Hall–Kier alpha value is -1.36. The molecule has 0 aromatic carbocycles. The first-order chi connectivity index (χ1) is 10.0. The van der Waals surface area contributed by atoms with Crippen LogP contribution in [0.15, 0.2) is 12.2 Å². The molecule has 0 aromatic heterocycles. The Morgan fingerprint density at radius 1 is 1.62 bits per heavy atom. The van der Waals surface area contributed by atoms with Crippen molar-refractivity contribution in [2.24, 2.45) is 11.8 Å². The van der Waals surface area contributed by atoms with E-state index in [1.54, 1.807) is 6.92 Å². The van der Waals surface area contributed by atoms with Crippen LogP contribution in [0, 0.1) is 11.8 Å². The molecule has 2 N–H and O–H groups in total. The van der Waals surface area contributed by atoms with Gasteiger partial charge in [-0.05, 0) is 32.6 Å². The molecule has 0 saturated carbocycles. The highest BCUT2D eigenvalue weighted by Gasteiger charge is 2.56. The van der Waals surface area contributed by atoms with Gasteiger partial charge in [0, 0.05) is 5.92 Å². The summed E-state index contributed by atoms with van der Waals surface area (Å²) < 4.78 is 5.30. The zero-order chi connectivity index (χ0) is 15.5. The SMILES string of the molecule is CCC[C@H]1C(=O)N[C@H]([C@@H](O)[C@@H]2C=CCCC2)[C@@]1(C)OC=O. The Morgan fingerprint density at radius 3 is 2.95 bits per heavy atom. The second-order valence-corrected chi connectivity index (χ2v) is 6.24. The highest BCUT2D eigenvalue weighted by atomic mass is 16.5. The van der Waals surface area contributed by atoms with Crippen LogP contribution >= 0.6 is 0 Å². The summed E-state index contributed by atoms with van der Waals surface area (Å²) >= 11 is 0. The first-order valence-electron chi connectivity index (χ1n) is 7.81. The molecule has 0 radical (unpaired) electrons. The summed E-state index contributed by atoms with van der Waals surface area (Å²) in [6, 6.07) is -0.556. The molecule has 1 heterocycles. The highest BCUT2D eigenvalue weighted by Crippen LogP contribution is 2.38. The lowest BCUT2D eigenvalue weighted by molar-refractivity contribution is -0.152. The van der Waals surface area contributed by atoms with Gasteiger partial charge < -0.3 is 15.2 Å². The fourth-order valence-electron chi connectivity index (χ4n) is 3.63. The monoisotopic (exact) mass is 295 g/mol. The van der Waals surface area contributed by atoms with Gasteiger partial charge in [-0.3, -0.25) is 9.59 Å². The van der Waals surface area contributed by atoms with Crippen molar-refractivity contribution in [1.82, 2.24) is 5.32 Å². The maximum atomic E-state index is 12.2. The van der Waals surface area contributed by atoms with Crippen LogP contribution in [-0.4, -0.2) is 35.2 Å². The topological polar surface area (TPSA) is 75.6 Å². The van der Waals surface area contributed by atoms with Crippen molar-refractivity contribution >= 4 is 12.4 Å². The molecule has 118 valence electrons. The van der Waals surface area contributed by atoms with Gasteiger partial charge in [0.2, 0.25) is 5.91 Å². The molecule has 0 aromatic rings. The maximum Gasteiger partial charge on any atom is 0.293 e. The number of hydrogen-bond acceptors (Lipinski definition) is 4. The van der Waals surface area contributed by atoms with Crippen molar-refractivity contribution in [3.8, 4) is 0 Å². The molecular weight excluding hydrogens is 270 g/mol. The molecule has 1 amide bonds. The van der Waals surface area contributed by atoms with Crippen LogP contribution in [0.4, 0.5) is 0 Å². The average Bonchev–Trinajstić information content (AvgIpc) is 2.73. The van der Waals surface area contributed by atoms with Gasteiger partial charge in [0.15, 0.2) is 0 Å². The van der Waals surface area contributed by atoms with Crippen molar-refractivity contribution in [1.29, 1.82) is 0 Å². The van der Waals surface area contributed by atoms with Gasteiger partial charge in [-0.1, -0.05) is 25.5 Å². The van der Waals surface area contributed by atoms with Crippen molar-refractivity contribution < 1.29 is 19.4 Å². The third-order valence-corrected chi connectivity index (χ3v) is 4.87. The summed E-state index contributed by atoms with van der Waals surface area (Å²) in [6.45, 7) is 4.13. The van der Waals surface area contributed by atoms with Gasteiger partial charge in [-0.2, -0.15) is 0 Å². The molecule has 1 saturated heterocycles. The van der Waals surface area contributed by atoms with E-state index in [0.29, 0.717) is 12.9 Å². The summed E-state index contributed by atoms with van der Waals surface area (Å²) in [5.41, 5.74) is -0.987. The normalized spacial score (nSPS) is 37.1. The number of nitrogens with one attached hydrogen (secondary N) is 1. The van der Waals surface area contributed by atoms with E-state index in [0.717, 1.165) is 25.7 Å². The van der Waals surface area contributed by atoms with Crippen LogP contribution in [-0.2, 0) is 14.3 Å². The van der Waals surface area contributed by atoms with Crippen LogP contribution < -0.4 is 5.32 Å². The second-order valence-electron chi connectivity index (χ2n) is 6.24. The zero-order valence-electron chi connectivity index (χ0n) is 12.7. The van der Waals surface area contributed by atoms with Gasteiger partial charge in [0.25, 0.3) is 6.47 Å². The van der Waals surface area contributed by atoms with Crippen molar-refractivity contribution in [2.45, 2.75) is 63.7 Å². The quantitative estimate of drug-likeness (QED) is 0.576. The third kappa shape index (κ3) is 2.98. The van der Waals surface area contributed by atoms with E-state index >= 15 is 0 Å². The lowest BCUT2D eigenvalue weighted by Gasteiger charge is -2.37. The number of carbonyl (C=O) groups is 2. The van der Waals surface area contributed by atoms with Gasteiger partial charge in [-0.25, -0.2) is 0 Å². The molecule has 2 aliphatic rings. The van der Waals surface area contributed by atoms with E-state index in [2.05, 4.69) is 11.4 Å². The van der Waals surface area contributed by atoms with E-state index in [4.69, 9.17) is 4.74 Å². The number of allylic oxidation sites excluding steroid dienone is 1. The minimum absolute atomic E-state index is 0.000923. The molecule has 0 bridgehead atoms. The zero-order valence-corrected chi connectivity index (χ0v) is 12.7. The van der Waals surface area contributed by atoms with E-state index in [1.165, 1.54) is 0 Å². The number of aliphatic hydroxyl groups is 1. The van der Waals surface area contributed by atoms with E-state index in [9.17, 15) is 14.7 Å². The predicted octanol–water partition coefficient (Wildman–Crippen LogP) is 1.55. The van der Waals surface area contributed by atoms with Crippen LogP contribution in [0.5, 0.6) is 0 Å². The van der Waals surface area contributed by atoms with E-state index in [-0.39, 0.29) is 11.8 Å². The minimum Gasteiger partial charge on any atom is -0.458 e. The standard InChI is InChI=1S/C16H25NO4/c1-3-7-12-15(20)17-14(16(12,2)21-10-18)13(19)11-8-5-4-6-9-11/h5,8,10-14,19H,3-4,6-7,9H2,1-2H3,(H,17,20)/t11-,12+,13+,14-,16+/m1/s1. The fourth-order valence-corrected chi connectivity index (χ4v) is 3.63. The van der Waals surface area contributed by atoms with Gasteiger partial charge >= 0.3 is 0 Å². The molecule has 2 rings (SSSR count). The Labute approximate surface area is 125 Å². The largest absolute Gasteiger partial charge is 0.458 e. The second kappa shape index (κ2) is 6.60. The summed E-state index contributed by atoms with van der Waals surface area (Å²) in [5.74, 6) is -0.538. The smallest absolute Gasteiger partial charge is 0.293 e. The van der Waals surface area contributed by atoms with Crippen LogP contribution in [0.25, 0.3) is 0 Å². The molecule has 5 heteroatoms. The molecule has 5 atom stereocenters. The minimum atomic E-state index is -0.987. The third-order valence-electron chi connectivity index (χ3n) is 4.87. The Morgan fingerprint density at radius 2 is 2.38 bits per heavy atom. The molecule has 1 aliphatic heterocycles. The molecule has 1 aliphatic carbocycles. The van der Waals surface area contributed by atoms with Gasteiger partial charge in [0.1, 0.15) is 5.60 Å². The first kappa shape index (κ1) is 16.0. The van der Waals surface area contributed by atoms with Crippen LogP contribution in [0.1, 0.15) is 46.0 Å². The predicted molar refractivity (Wildman–Crippen MR) is 78.4 cm³/mol. The number of carbonyl (C=O) groups excluding carboxylic acids is 2. The summed E-state index contributed by atoms with van der Waals surface area (Å²) in [7, 11) is 0. The fraction of sp³-hybridized carbons (Fsp3) is 0.750. The molecule has 0 unspecified atom stereocenters. The Kier molecular flexibility index (Phi) is 5.04. The van der Waals surface area contributed by atoms with E-state index in [1.807, 2.05) is 13.0 Å². The van der Waals surface area contributed by atoms with Crippen LogP contribution in [0.2, 0.25) is 0 Å². The number of hydrogen-bond donors (Lipinski definition) is 2. The van der Waals surface area contributed by atoms with Gasteiger partial charge in [0.05, 0.1) is 18.1 Å². The summed E-state index contributed by atoms with van der Waals surface area (Å²) in [4.78, 5) is 23.1. The summed E-state index contributed by atoms with van der Waals surface area (Å²) in [5, 5.41) is 13.5. The maximum absolute atomic E-state index is 12.2. The Balaban J connectivity index is 2.23. The van der Waals surface area contributed by atoms with Crippen molar-refractivity contribution in [3.05, 3.63) is 12.2 Å². The number of rotatable bonds is 6. The molecule has 21 heavy (non-hydrogen) atoms. The molecule has 5 nitrogen and oxygen atoms in total. The van der Waals surface area contributed by atoms with Gasteiger partial charge in [-0.15, -0.1) is 0 Å². The highest BCUT2D eigenvalue weighted by molar-refractivity contribution is 5.84. The Bertz CT molecular complexity index is 423. The average molecular weight is 295 g/mol. The van der Waals surface area contributed by atoms with E-state index < -0.39 is 23.7 Å². The van der Waals surface area contributed by atoms with Crippen molar-refractivity contribution in [3.63, 3.8) is 0 Å². The van der Waals surface area contributed by atoms with Crippen LogP contribution in [0.3, 0.4) is 0 Å². The van der Waals surface area contributed by atoms with Crippen molar-refractivity contribution in [2.75, 3.05) is 0 Å². The number of ether oxygens (including phenoxy) is 1. The summed E-state index contributed by atoms with van der Waals surface area (Å²) in [6.07, 6.45) is 7.74. The molecule has 1 fully saturated rings. The lowest BCUT2D eigenvalue weighted by atomic mass is 9.77. The lowest BCUT2D eigenvalue weighted by Crippen LogP contribution is -2.54. The number of aliphatic hydroxyl groups excluding tert-OH is 1.